The minimum atomic E-state index is -0.362. The first-order valence-corrected chi connectivity index (χ1v) is 8.77. The largest absolute Gasteiger partial charge is 0.312 e. The number of hydrogen-bond donors (Lipinski definition) is 0. The number of halogens is 1. The van der Waals surface area contributed by atoms with Crippen molar-refractivity contribution >= 4 is 27.5 Å². The Hall–Kier alpha value is -2.54. The SMILES string of the molecule is C=CCn1c(=NC(=O)c2cc(C)nn2C(C)C)sc2cc(F)ccc21. The number of amides is 1. The van der Waals surface area contributed by atoms with Gasteiger partial charge in [-0.15, -0.1) is 6.58 Å². The number of fused-ring (bicyclic) bond motifs is 1. The summed E-state index contributed by atoms with van der Waals surface area (Å²) in [7, 11) is 0. The molecule has 0 aliphatic rings. The molecule has 0 saturated heterocycles. The maximum Gasteiger partial charge on any atom is 0.297 e. The molecule has 0 aliphatic heterocycles. The highest BCUT2D eigenvalue weighted by molar-refractivity contribution is 7.16. The lowest BCUT2D eigenvalue weighted by atomic mass is 10.3. The molecule has 3 rings (SSSR count). The second kappa shape index (κ2) is 6.76. The fourth-order valence-electron chi connectivity index (χ4n) is 2.65. The number of aromatic nitrogens is 3. The van der Waals surface area contributed by atoms with Crippen molar-refractivity contribution in [3.8, 4) is 0 Å². The van der Waals surface area contributed by atoms with E-state index in [0.717, 1.165) is 15.9 Å². The Morgan fingerprint density at radius 3 is 2.88 bits per heavy atom. The van der Waals surface area contributed by atoms with E-state index in [1.165, 1.54) is 23.5 Å². The molecule has 1 aromatic carbocycles. The van der Waals surface area contributed by atoms with Gasteiger partial charge in [0.2, 0.25) is 0 Å². The fraction of sp³-hybridized carbons (Fsp3) is 0.278. The average Bonchev–Trinajstić information content (AvgIpc) is 3.09. The Kier molecular flexibility index (Phi) is 4.67. The van der Waals surface area contributed by atoms with Gasteiger partial charge >= 0.3 is 0 Å². The zero-order chi connectivity index (χ0) is 18.1. The third kappa shape index (κ3) is 3.32. The first-order valence-electron chi connectivity index (χ1n) is 7.95. The Morgan fingerprint density at radius 2 is 2.20 bits per heavy atom. The van der Waals surface area contributed by atoms with Crippen molar-refractivity contribution < 1.29 is 9.18 Å². The molecule has 5 nitrogen and oxygen atoms in total. The number of nitrogens with zero attached hydrogens (tertiary/aromatic N) is 4. The number of thiazole rings is 1. The van der Waals surface area contributed by atoms with Gasteiger partial charge in [0.05, 0.1) is 15.9 Å². The molecule has 130 valence electrons. The van der Waals surface area contributed by atoms with E-state index in [1.807, 2.05) is 25.3 Å². The monoisotopic (exact) mass is 358 g/mol. The van der Waals surface area contributed by atoms with Crippen molar-refractivity contribution in [1.82, 2.24) is 14.3 Å². The number of allylic oxidation sites excluding steroid dienone is 1. The minimum absolute atomic E-state index is 0.0552. The zero-order valence-corrected chi connectivity index (χ0v) is 15.2. The van der Waals surface area contributed by atoms with Crippen molar-refractivity contribution in [3.05, 3.63) is 58.9 Å². The first-order chi connectivity index (χ1) is 11.9. The standard InChI is InChI=1S/C18H19FN4OS/c1-5-8-22-14-7-6-13(19)10-16(14)25-18(22)20-17(24)15-9-12(4)21-23(15)11(2)3/h5-7,9-11H,1,8H2,2-4H3. The van der Waals surface area contributed by atoms with Crippen molar-refractivity contribution in [2.24, 2.45) is 4.99 Å². The van der Waals surface area contributed by atoms with Crippen molar-refractivity contribution in [2.45, 2.75) is 33.4 Å². The number of aryl methyl sites for hydroxylation is 1. The van der Waals surface area contributed by atoms with Crippen molar-refractivity contribution in [3.63, 3.8) is 0 Å². The summed E-state index contributed by atoms with van der Waals surface area (Å²) < 4.78 is 17.8. The summed E-state index contributed by atoms with van der Waals surface area (Å²) in [4.78, 5) is 17.5. The van der Waals surface area contributed by atoms with Crippen LogP contribution in [-0.4, -0.2) is 20.3 Å². The highest BCUT2D eigenvalue weighted by atomic mass is 32.1. The highest BCUT2D eigenvalue weighted by Crippen LogP contribution is 2.19. The van der Waals surface area contributed by atoms with E-state index in [4.69, 9.17) is 0 Å². The van der Waals surface area contributed by atoms with Crippen LogP contribution >= 0.6 is 11.3 Å². The third-order valence-corrected chi connectivity index (χ3v) is 4.76. The zero-order valence-electron chi connectivity index (χ0n) is 14.4. The molecule has 0 N–H and O–H groups in total. The minimum Gasteiger partial charge on any atom is -0.312 e. The van der Waals surface area contributed by atoms with Gasteiger partial charge in [-0.05, 0) is 45.0 Å². The van der Waals surface area contributed by atoms with Gasteiger partial charge in [0.1, 0.15) is 11.5 Å². The lowest BCUT2D eigenvalue weighted by Gasteiger charge is -2.08. The Labute approximate surface area is 148 Å². The average molecular weight is 358 g/mol. The van der Waals surface area contributed by atoms with E-state index >= 15 is 0 Å². The Bertz CT molecular complexity index is 1030. The molecule has 2 aromatic heterocycles. The second-order valence-corrected chi connectivity index (χ2v) is 7.03. The van der Waals surface area contributed by atoms with Crippen molar-refractivity contribution in [1.29, 1.82) is 0 Å². The molecular weight excluding hydrogens is 339 g/mol. The van der Waals surface area contributed by atoms with Crippen LogP contribution in [0, 0.1) is 12.7 Å². The second-order valence-electron chi connectivity index (χ2n) is 6.02. The molecule has 1 amide bonds. The van der Waals surface area contributed by atoms with Crippen LogP contribution in [0.4, 0.5) is 4.39 Å². The molecule has 0 unspecified atom stereocenters. The van der Waals surface area contributed by atoms with Gasteiger partial charge in [0.15, 0.2) is 4.80 Å². The molecule has 2 heterocycles. The van der Waals surface area contributed by atoms with Gasteiger partial charge in [0.25, 0.3) is 5.91 Å². The summed E-state index contributed by atoms with van der Waals surface area (Å²) in [6.07, 6.45) is 1.72. The molecule has 0 radical (unpaired) electrons. The molecule has 0 spiro atoms. The van der Waals surface area contributed by atoms with Gasteiger partial charge < -0.3 is 4.57 Å². The highest BCUT2D eigenvalue weighted by Gasteiger charge is 2.16. The predicted octanol–water partition coefficient (Wildman–Crippen LogP) is 3.85. The number of hydrogen-bond acceptors (Lipinski definition) is 3. The van der Waals surface area contributed by atoms with E-state index < -0.39 is 0 Å². The van der Waals surface area contributed by atoms with Gasteiger partial charge in [-0.25, -0.2) is 4.39 Å². The summed E-state index contributed by atoms with van der Waals surface area (Å²) in [5.74, 6) is -0.676. The topological polar surface area (TPSA) is 52.2 Å². The number of benzene rings is 1. The quantitative estimate of drug-likeness (QED) is 0.665. The van der Waals surface area contributed by atoms with Crippen LogP contribution in [0.25, 0.3) is 10.2 Å². The molecule has 3 aromatic rings. The number of carbonyl (C=O) groups is 1. The fourth-order valence-corrected chi connectivity index (χ4v) is 3.71. The Balaban J connectivity index is 2.16. The predicted molar refractivity (Wildman–Crippen MR) is 97.2 cm³/mol. The van der Waals surface area contributed by atoms with Gasteiger partial charge in [-0.1, -0.05) is 17.4 Å². The van der Waals surface area contributed by atoms with Crippen LogP contribution in [0.5, 0.6) is 0 Å². The molecule has 0 saturated carbocycles. The summed E-state index contributed by atoms with van der Waals surface area (Å²) in [6, 6.07) is 6.33. The first kappa shape index (κ1) is 17.3. The number of rotatable bonds is 4. The normalized spacial score (nSPS) is 12.3. The third-order valence-electron chi connectivity index (χ3n) is 3.72. The number of carbonyl (C=O) groups excluding carboxylic acids is 1. The van der Waals surface area contributed by atoms with E-state index in [1.54, 1.807) is 22.9 Å². The molecule has 7 heteroatoms. The summed E-state index contributed by atoms with van der Waals surface area (Å²) in [5, 5.41) is 4.35. The molecular formula is C18H19FN4OS. The van der Waals surface area contributed by atoms with E-state index in [0.29, 0.717) is 17.0 Å². The van der Waals surface area contributed by atoms with Gasteiger partial charge in [-0.3, -0.25) is 9.48 Å². The van der Waals surface area contributed by atoms with Gasteiger partial charge in [0, 0.05) is 12.6 Å². The van der Waals surface area contributed by atoms with E-state index in [-0.39, 0.29) is 17.8 Å². The Morgan fingerprint density at radius 1 is 1.44 bits per heavy atom. The maximum absolute atomic E-state index is 13.5. The van der Waals surface area contributed by atoms with Crippen LogP contribution in [0.1, 0.15) is 36.1 Å². The van der Waals surface area contributed by atoms with Gasteiger partial charge in [-0.2, -0.15) is 10.1 Å². The lowest BCUT2D eigenvalue weighted by molar-refractivity contribution is 0.0986. The maximum atomic E-state index is 13.5. The van der Waals surface area contributed by atoms with E-state index in [2.05, 4.69) is 16.7 Å². The van der Waals surface area contributed by atoms with Crippen LogP contribution in [0.15, 0.2) is 41.9 Å². The molecule has 0 atom stereocenters. The van der Waals surface area contributed by atoms with Crippen LogP contribution in [0.3, 0.4) is 0 Å². The van der Waals surface area contributed by atoms with Crippen LogP contribution in [0.2, 0.25) is 0 Å². The lowest BCUT2D eigenvalue weighted by Crippen LogP contribution is -2.18. The smallest absolute Gasteiger partial charge is 0.297 e. The molecule has 0 fully saturated rings. The van der Waals surface area contributed by atoms with E-state index in [9.17, 15) is 9.18 Å². The summed E-state index contributed by atoms with van der Waals surface area (Å²) in [6.45, 7) is 10.0. The molecule has 0 aliphatic carbocycles. The van der Waals surface area contributed by atoms with Crippen LogP contribution < -0.4 is 4.80 Å². The summed E-state index contributed by atoms with van der Waals surface area (Å²) >= 11 is 1.28. The van der Waals surface area contributed by atoms with Crippen LogP contribution in [-0.2, 0) is 6.54 Å². The summed E-state index contributed by atoms with van der Waals surface area (Å²) in [5.41, 5.74) is 2.04. The molecule has 25 heavy (non-hydrogen) atoms. The molecule has 0 bridgehead atoms. The van der Waals surface area contributed by atoms with Crippen molar-refractivity contribution in [2.75, 3.05) is 0 Å².